The van der Waals surface area contributed by atoms with Gasteiger partial charge in [-0.3, -0.25) is 9.98 Å². The molecule has 2 aromatic heterocycles. The van der Waals surface area contributed by atoms with Gasteiger partial charge in [-0.25, -0.2) is 18.1 Å². The molecule has 10 heteroatoms. The molecule has 3 rings (SSSR count). The molecule has 30 heavy (non-hydrogen) atoms. The lowest BCUT2D eigenvalue weighted by Gasteiger charge is -2.21. The van der Waals surface area contributed by atoms with E-state index in [2.05, 4.69) is 30.0 Å². The van der Waals surface area contributed by atoms with Gasteiger partial charge in [-0.2, -0.15) is 0 Å². The van der Waals surface area contributed by atoms with Crippen molar-refractivity contribution in [1.82, 2.24) is 29.9 Å². The minimum atomic E-state index is -3.58. The number of sulfonamides is 1. The number of H-pyrrole nitrogens is 1. The van der Waals surface area contributed by atoms with Crippen LogP contribution in [0.25, 0.3) is 11.3 Å². The third-order valence-corrected chi connectivity index (χ3v) is 5.76. The summed E-state index contributed by atoms with van der Waals surface area (Å²) < 4.78 is 27.0. The van der Waals surface area contributed by atoms with Gasteiger partial charge < -0.3 is 15.2 Å². The van der Waals surface area contributed by atoms with Crippen molar-refractivity contribution in [3.8, 4) is 11.3 Å². The van der Waals surface area contributed by atoms with Crippen LogP contribution in [-0.2, 0) is 16.6 Å². The van der Waals surface area contributed by atoms with E-state index in [1.807, 2.05) is 48.5 Å². The first kappa shape index (κ1) is 21.5. The average Bonchev–Trinajstić information content (AvgIpc) is 3.23. The number of hydrogen-bond donors (Lipinski definition) is 3. The van der Waals surface area contributed by atoms with Crippen LogP contribution in [0.1, 0.15) is 5.82 Å². The summed E-state index contributed by atoms with van der Waals surface area (Å²) in [6.45, 7) is 1.11. The van der Waals surface area contributed by atoms with Crippen molar-refractivity contribution in [2.24, 2.45) is 4.99 Å². The van der Waals surface area contributed by atoms with Crippen molar-refractivity contribution in [1.29, 1.82) is 0 Å². The molecule has 0 aliphatic rings. The number of aromatic amines is 1. The summed E-state index contributed by atoms with van der Waals surface area (Å²) in [6.07, 6.45) is 4.65. The Bertz CT molecular complexity index is 1070. The van der Waals surface area contributed by atoms with Crippen LogP contribution in [-0.4, -0.2) is 61.4 Å². The topological polar surface area (TPSA) is 115 Å². The number of aliphatic imine (C=N–C) groups is 1. The van der Waals surface area contributed by atoms with Gasteiger partial charge >= 0.3 is 0 Å². The maximum Gasteiger partial charge on any atom is 0.242 e. The summed E-state index contributed by atoms with van der Waals surface area (Å²) in [5, 5.41) is 3.14. The van der Waals surface area contributed by atoms with Crippen molar-refractivity contribution < 1.29 is 8.42 Å². The largest absolute Gasteiger partial charge is 0.355 e. The van der Waals surface area contributed by atoms with Crippen LogP contribution in [0.4, 0.5) is 0 Å². The van der Waals surface area contributed by atoms with Crippen LogP contribution in [0.3, 0.4) is 0 Å². The Morgan fingerprint density at radius 2 is 1.93 bits per heavy atom. The summed E-state index contributed by atoms with van der Waals surface area (Å²) in [4.78, 5) is 17.9. The molecule has 0 fully saturated rings. The number of pyridine rings is 1. The monoisotopic (exact) mass is 427 g/mol. The predicted octanol–water partition coefficient (Wildman–Crippen LogP) is 1.46. The molecule has 3 N–H and O–H groups in total. The van der Waals surface area contributed by atoms with E-state index in [1.165, 1.54) is 18.5 Å². The lowest BCUT2D eigenvalue weighted by molar-refractivity contribution is 0.464. The van der Waals surface area contributed by atoms with Gasteiger partial charge in [0.25, 0.3) is 0 Å². The van der Waals surface area contributed by atoms with Crippen LogP contribution in [0.15, 0.2) is 70.9 Å². The smallest absolute Gasteiger partial charge is 0.242 e. The van der Waals surface area contributed by atoms with Gasteiger partial charge in [-0.05, 0) is 17.7 Å². The molecule has 0 bridgehead atoms. The molecule has 0 atom stereocenters. The van der Waals surface area contributed by atoms with E-state index in [0.717, 1.165) is 17.1 Å². The maximum absolute atomic E-state index is 12.2. The fourth-order valence-electron chi connectivity index (χ4n) is 2.84. The molecular formula is C20H25N7O2S. The molecule has 0 spiro atoms. The SMILES string of the molecule is CN=C(NCCNS(=O)(=O)c1cccnc1)N(C)Cc1ncc(-c2ccccc2)[nH]1. The second-order valence-electron chi connectivity index (χ2n) is 6.53. The molecule has 0 amide bonds. The lowest BCUT2D eigenvalue weighted by atomic mass is 10.2. The van der Waals surface area contributed by atoms with Crippen molar-refractivity contribution in [3.05, 3.63) is 66.9 Å². The van der Waals surface area contributed by atoms with Gasteiger partial charge in [0.15, 0.2) is 5.96 Å². The van der Waals surface area contributed by atoms with E-state index in [4.69, 9.17) is 0 Å². The second-order valence-corrected chi connectivity index (χ2v) is 8.29. The minimum absolute atomic E-state index is 0.138. The minimum Gasteiger partial charge on any atom is -0.355 e. The number of benzene rings is 1. The molecule has 0 aliphatic carbocycles. The first-order valence-corrected chi connectivity index (χ1v) is 10.9. The number of imidazole rings is 1. The Balaban J connectivity index is 1.50. The summed E-state index contributed by atoms with van der Waals surface area (Å²) in [5.74, 6) is 1.44. The highest BCUT2D eigenvalue weighted by molar-refractivity contribution is 7.89. The normalized spacial score (nSPS) is 12.0. The number of guanidine groups is 1. The zero-order chi connectivity index (χ0) is 21.4. The van der Waals surface area contributed by atoms with Gasteiger partial charge in [0.2, 0.25) is 10.0 Å². The zero-order valence-electron chi connectivity index (χ0n) is 16.9. The fourth-order valence-corrected chi connectivity index (χ4v) is 3.84. The van der Waals surface area contributed by atoms with Crippen LogP contribution in [0.2, 0.25) is 0 Å². The molecule has 0 radical (unpaired) electrons. The number of aromatic nitrogens is 3. The van der Waals surface area contributed by atoms with Crippen LogP contribution in [0.5, 0.6) is 0 Å². The summed E-state index contributed by atoms with van der Waals surface area (Å²) in [7, 11) is -0.0128. The van der Waals surface area contributed by atoms with Gasteiger partial charge in [-0.15, -0.1) is 0 Å². The number of nitrogens with one attached hydrogen (secondary N) is 3. The molecular weight excluding hydrogens is 402 g/mol. The molecule has 0 saturated heterocycles. The zero-order valence-corrected chi connectivity index (χ0v) is 17.7. The Labute approximate surface area is 176 Å². The van der Waals surface area contributed by atoms with Gasteiger partial charge in [-0.1, -0.05) is 30.3 Å². The standard InChI is InChI=1S/C20H25N7O2S/c1-21-20(23-11-12-25-30(28,29)17-9-6-10-22-13-17)27(2)15-19-24-14-18(26-19)16-7-4-3-5-8-16/h3-10,13-14,25H,11-12,15H2,1-2H3,(H,21,23)(H,24,26). The maximum atomic E-state index is 12.2. The molecule has 0 saturated carbocycles. The van der Waals surface area contributed by atoms with Crippen molar-refractivity contribution in [2.45, 2.75) is 11.4 Å². The quantitative estimate of drug-likeness (QED) is 0.285. The predicted molar refractivity (Wildman–Crippen MR) is 116 cm³/mol. The second kappa shape index (κ2) is 9.99. The highest BCUT2D eigenvalue weighted by Gasteiger charge is 2.14. The molecule has 158 valence electrons. The number of nitrogens with zero attached hydrogens (tertiary/aromatic N) is 4. The van der Waals surface area contributed by atoms with Crippen LogP contribution in [0, 0.1) is 0 Å². The van der Waals surface area contributed by atoms with E-state index in [0.29, 0.717) is 19.0 Å². The van der Waals surface area contributed by atoms with E-state index >= 15 is 0 Å². The molecule has 2 heterocycles. The van der Waals surface area contributed by atoms with Crippen molar-refractivity contribution in [3.63, 3.8) is 0 Å². The first-order valence-electron chi connectivity index (χ1n) is 9.40. The molecule has 0 aliphatic heterocycles. The Kier molecular flexibility index (Phi) is 7.15. The third-order valence-electron chi connectivity index (χ3n) is 4.32. The van der Waals surface area contributed by atoms with Crippen molar-refractivity contribution in [2.75, 3.05) is 27.2 Å². The fraction of sp³-hybridized carbons (Fsp3) is 0.250. The summed E-state index contributed by atoms with van der Waals surface area (Å²) in [6, 6.07) is 13.1. The third kappa shape index (κ3) is 5.65. The molecule has 1 aromatic carbocycles. The van der Waals surface area contributed by atoms with Gasteiger partial charge in [0.05, 0.1) is 18.4 Å². The average molecular weight is 428 g/mol. The Morgan fingerprint density at radius 3 is 2.63 bits per heavy atom. The number of rotatable bonds is 8. The Hall–Kier alpha value is -3.24. The van der Waals surface area contributed by atoms with Gasteiger partial charge in [0, 0.05) is 39.6 Å². The van der Waals surface area contributed by atoms with Crippen molar-refractivity contribution >= 4 is 16.0 Å². The van der Waals surface area contributed by atoms with E-state index < -0.39 is 10.0 Å². The molecule has 0 unspecified atom stereocenters. The molecule has 9 nitrogen and oxygen atoms in total. The van der Waals surface area contributed by atoms with E-state index in [9.17, 15) is 8.42 Å². The lowest BCUT2D eigenvalue weighted by Crippen LogP contribution is -2.42. The van der Waals surface area contributed by atoms with E-state index in [1.54, 1.807) is 13.1 Å². The van der Waals surface area contributed by atoms with Crippen LogP contribution >= 0.6 is 0 Å². The number of hydrogen-bond acceptors (Lipinski definition) is 5. The van der Waals surface area contributed by atoms with Gasteiger partial charge in [0.1, 0.15) is 10.7 Å². The Morgan fingerprint density at radius 1 is 1.13 bits per heavy atom. The first-order chi connectivity index (χ1) is 14.5. The highest BCUT2D eigenvalue weighted by Crippen LogP contribution is 2.16. The van der Waals surface area contributed by atoms with E-state index in [-0.39, 0.29) is 11.4 Å². The molecule has 3 aromatic rings. The summed E-state index contributed by atoms with van der Waals surface area (Å²) in [5.41, 5.74) is 2.02. The summed E-state index contributed by atoms with van der Waals surface area (Å²) >= 11 is 0. The highest BCUT2D eigenvalue weighted by atomic mass is 32.2. The van der Waals surface area contributed by atoms with Crippen LogP contribution < -0.4 is 10.0 Å².